The predicted octanol–water partition coefficient (Wildman–Crippen LogP) is 0.611. The van der Waals surface area contributed by atoms with Crippen LogP contribution in [0.2, 0.25) is 0 Å². The lowest BCUT2D eigenvalue weighted by Crippen LogP contribution is -2.25. The first-order valence-corrected chi connectivity index (χ1v) is 4.29. The first-order valence-electron chi connectivity index (χ1n) is 3.03. The number of carbonyl (C=O) groups is 1. The number of esters is 1. The van der Waals surface area contributed by atoms with Crippen molar-refractivity contribution in [1.82, 2.24) is 5.09 Å². The van der Waals surface area contributed by atoms with Crippen LogP contribution in [0.3, 0.4) is 0 Å². The topological polar surface area (TPSA) is 65.3 Å². The summed E-state index contributed by atoms with van der Waals surface area (Å²) in [4.78, 5) is 10.9. The molecular weight excluding hydrogens is 153 g/mol. The van der Waals surface area contributed by atoms with Gasteiger partial charge in [-0.15, -0.1) is 0 Å². The molecule has 1 rings (SSSR count). The molecule has 10 heavy (non-hydrogen) atoms. The van der Waals surface area contributed by atoms with Gasteiger partial charge >= 0.3 is 19.2 Å². The Kier molecular flexibility index (Phi) is 1.75. The van der Waals surface area contributed by atoms with Crippen LogP contribution in [0.4, 0.5) is 0 Å². The van der Waals surface area contributed by atoms with Crippen LogP contribution < -0.4 is 5.09 Å². The van der Waals surface area contributed by atoms with Crippen molar-refractivity contribution >= 4 is 13.9 Å². The zero-order chi connectivity index (χ0) is 7.78. The Morgan fingerprint density at radius 1 is 1.80 bits per heavy atom. The van der Waals surface area contributed by atoms with Gasteiger partial charge in [0.15, 0.2) is 0 Å². The summed E-state index contributed by atoms with van der Waals surface area (Å²) in [5.74, 6) is -0.420. The maximum Gasteiger partial charge on any atom is 0.475 e. The average molecular weight is 162 g/mol. The van der Waals surface area contributed by atoms with E-state index in [9.17, 15) is 9.36 Å². The van der Waals surface area contributed by atoms with E-state index in [1.165, 1.54) is 0 Å². The summed E-state index contributed by atoms with van der Waals surface area (Å²) in [5, 5.41) is 1.64. The van der Waals surface area contributed by atoms with Crippen molar-refractivity contribution in [3.8, 4) is 0 Å². The molecular formula is C5H9NO3P+. The minimum Gasteiger partial charge on any atom is -0.461 e. The van der Waals surface area contributed by atoms with E-state index in [2.05, 4.69) is 9.82 Å². The van der Waals surface area contributed by atoms with E-state index in [1.54, 1.807) is 13.8 Å². The Hall–Kier alpha value is -0.470. The van der Waals surface area contributed by atoms with Gasteiger partial charge in [-0.25, -0.2) is 4.79 Å². The molecule has 1 saturated heterocycles. The quantitative estimate of drug-likeness (QED) is 0.367. The third kappa shape index (κ3) is 1.04. The monoisotopic (exact) mass is 162 g/mol. The summed E-state index contributed by atoms with van der Waals surface area (Å²) in [7, 11) is -1.54. The molecule has 4 nitrogen and oxygen atoms in total. The van der Waals surface area contributed by atoms with Gasteiger partial charge < -0.3 is 4.74 Å². The second kappa shape index (κ2) is 2.29. The van der Waals surface area contributed by atoms with Crippen molar-refractivity contribution in [2.24, 2.45) is 0 Å². The lowest BCUT2D eigenvalue weighted by Gasteiger charge is -1.96. The normalized spacial score (nSPS) is 33.6. The third-order valence-corrected chi connectivity index (χ3v) is 2.88. The molecule has 0 aliphatic carbocycles. The van der Waals surface area contributed by atoms with Gasteiger partial charge in [0.1, 0.15) is 0 Å². The number of rotatable bonds is 2. The Morgan fingerprint density at radius 2 is 2.30 bits per heavy atom. The highest BCUT2D eigenvalue weighted by Crippen LogP contribution is 2.51. The second-order valence-corrected chi connectivity index (χ2v) is 3.91. The highest BCUT2D eigenvalue weighted by atomic mass is 31.1. The molecule has 56 valence electrons. The maximum atomic E-state index is 10.9. The summed E-state index contributed by atoms with van der Waals surface area (Å²) in [6.45, 7) is 3.62. The van der Waals surface area contributed by atoms with Gasteiger partial charge in [0.25, 0.3) is 0 Å². The van der Waals surface area contributed by atoms with Gasteiger partial charge in [-0.2, -0.15) is 0 Å². The average Bonchev–Trinajstić information content (AvgIpc) is 2.43. The molecule has 1 unspecified atom stereocenters. The van der Waals surface area contributed by atoms with Crippen LogP contribution in [0.5, 0.6) is 0 Å². The highest BCUT2D eigenvalue weighted by molar-refractivity contribution is 7.53. The van der Waals surface area contributed by atoms with Crippen molar-refractivity contribution < 1.29 is 14.1 Å². The molecule has 0 aromatic carbocycles. The van der Waals surface area contributed by atoms with Crippen molar-refractivity contribution in [1.29, 1.82) is 0 Å². The van der Waals surface area contributed by atoms with Gasteiger partial charge in [-0.1, -0.05) is 0 Å². The van der Waals surface area contributed by atoms with Crippen LogP contribution in [0.15, 0.2) is 0 Å². The molecule has 1 heterocycles. The van der Waals surface area contributed by atoms with Crippen molar-refractivity contribution in [2.45, 2.75) is 19.1 Å². The van der Waals surface area contributed by atoms with Crippen LogP contribution in [0, 0.1) is 0 Å². The first-order chi connectivity index (χ1) is 4.61. The van der Waals surface area contributed by atoms with Crippen LogP contribution >= 0.6 is 7.95 Å². The van der Waals surface area contributed by atoms with Crippen LogP contribution in [0.1, 0.15) is 13.8 Å². The fourth-order valence-corrected chi connectivity index (χ4v) is 1.36. The number of ether oxygens (including phenoxy) is 1. The minimum atomic E-state index is -1.54. The molecule has 1 aliphatic rings. The number of hydrogen-bond acceptors (Lipinski definition) is 3. The minimum absolute atomic E-state index is 0.333. The highest BCUT2D eigenvalue weighted by Gasteiger charge is 2.73. The van der Waals surface area contributed by atoms with Gasteiger partial charge in [0.05, 0.1) is 6.61 Å². The van der Waals surface area contributed by atoms with E-state index < -0.39 is 19.2 Å². The Bertz CT molecular complexity index is 193. The molecule has 0 saturated carbocycles. The van der Waals surface area contributed by atoms with Crippen LogP contribution in [-0.4, -0.2) is 17.9 Å². The molecule has 5 heteroatoms. The molecule has 0 radical (unpaired) electrons. The van der Waals surface area contributed by atoms with Gasteiger partial charge in [-0.05, 0) is 16.6 Å². The molecule has 0 spiro atoms. The molecule has 0 aromatic rings. The summed E-state index contributed by atoms with van der Waals surface area (Å²) < 4.78 is 15.3. The van der Waals surface area contributed by atoms with E-state index in [4.69, 9.17) is 0 Å². The van der Waals surface area contributed by atoms with E-state index in [1.807, 2.05) is 0 Å². The number of hydrogen-bond donors (Lipinski definition) is 1. The Labute approximate surface area is 59.8 Å². The third-order valence-electron chi connectivity index (χ3n) is 1.35. The summed E-state index contributed by atoms with van der Waals surface area (Å²) in [6, 6.07) is 0. The van der Waals surface area contributed by atoms with E-state index in [0.29, 0.717) is 6.61 Å². The molecule has 2 atom stereocenters. The lowest BCUT2D eigenvalue weighted by molar-refractivity contribution is -0.144. The van der Waals surface area contributed by atoms with Crippen molar-refractivity contribution in [3.63, 3.8) is 0 Å². The lowest BCUT2D eigenvalue weighted by atomic mass is 10.4. The fraction of sp³-hybridized carbons (Fsp3) is 0.800. The first kappa shape index (κ1) is 7.63. The van der Waals surface area contributed by atoms with E-state index in [0.717, 1.165) is 0 Å². The smallest absolute Gasteiger partial charge is 0.461 e. The summed E-state index contributed by atoms with van der Waals surface area (Å²) in [6.07, 6.45) is 0. The standard InChI is InChI=1S/C5H9NO3P/c1-3-9-4(7)5(2)6-10(5)8/h3H2,1-2H3,(H,6,8)/q+1/t5-/m1/s1. The Balaban J connectivity index is 2.50. The van der Waals surface area contributed by atoms with Crippen LogP contribution in [-0.2, 0) is 14.1 Å². The fourth-order valence-electron chi connectivity index (χ4n) is 0.573. The van der Waals surface area contributed by atoms with E-state index >= 15 is 0 Å². The maximum absolute atomic E-state index is 10.9. The van der Waals surface area contributed by atoms with Gasteiger partial charge in [-0.3, -0.25) is 0 Å². The zero-order valence-corrected chi connectivity index (χ0v) is 6.77. The zero-order valence-electron chi connectivity index (χ0n) is 5.88. The number of nitrogens with one attached hydrogen (secondary N) is 1. The van der Waals surface area contributed by atoms with Gasteiger partial charge in [0, 0.05) is 6.92 Å². The predicted molar refractivity (Wildman–Crippen MR) is 35.8 cm³/mol. The second-order valence-electron chi connectivity index (χ2n) is 2.20. The molecule has 0 aromatic heterocycles. The molecule has 1 N–H and O–H groups in total. The van der Waals surface area contributed by atoms with Gasteiger partial charge in [0.2, 0.25) is 0 Å². The van der Waals surface area contributed by atoms with Crippen LogP contribution in [0.25, 0.3) is 0 Å². The number of carbonyl (C=O) groups excluding carboxylic acids is 1. The molecule has 0 bridgehead atoms. The molecule has 0 amide bonds. The SMILES string of the molecule is CCOC(=O)[C@]1(C)N[P+]1=O. The van der Waals surface area contributed by atoms with Crippen molar-refractivity contribution in [2.75, 3.05) is 6.61 Å². The van der Waals surface area contributed by atoms with Crippen molar-refractivity contribution in [3.05, 3.63) is 0 Å². The molecule has 1 fully saturated rings. The Morgan fingerprint density at radius 3 is 2.60 bits per heavy atom. The largest absolute Gasteiger partial charge is 0.475 e. The summed E-state index contributed by atoms with van der Waals surface area (Å²) in [5.41, 5.74) is 0. The molecule has 1 aliphatic heterocycles. The summed E-state index contributed by atoms with van der Waals surface area (Å²) >= 11 is 0. The van der Waals surface area contributed by atoms with E-state index in [-0.39, 0.29) is 0 Å².